The average Bonchev–Trinajstić information content (AvgIpc) is 3.03. The summed E-state index contributed by atoms with van der Waals surface area (Å²) in [6.07, 6.45) is 0. The minimum atomic E-state index is -1.42. The van der Waals surface area contributed by atoms with Gasteiger partial charge in [-0.2, -0.15) is 0 Å². The number of nitrogens with zero attached hydrogens (tertiary/aromatic N) is 1. The molecule has 0 bridgehead atoms. The molecule has 1 N–H and O–H groups in total. The first kappa shape index (κ1) is 17.3. The molecular formula is C17H19FN2O5. The molecule has 0 radical (unpaired) electrons. The highest BCUT2D eigenvalue weighted by atomic mass is 19.1. The number of imide groups is 1. The maximum Gasteiger partial charge on any atom is 0.326 e. The number of ether oxygens (including phenoxy) is 2. The number of hydrogen-bond donors (Lipinski definition) is 1. The second kappa shape index (κ2) is 5.80. The normalized spacial score (nSPS) is 31.2. The molecule has 0 saturated carbocycles. The van der Waals surface area contributed by atoms with Crippen LogP contribution < -0.4 is 10.1 Å². The lowest BCUT2D eigenvalue weighted by Gasteiger charge is -2.27. The summed E-state index contributed by atoms with van der Waals surface area (Å²) < 4.78 is 24.4. The number of nitrogens with one attached hydrogen (secondary N) is 1. The molecule has 1 aromatic carbocycles. The topological polar surface area (TPSA) is 84.9 Å². The molecule has 2 aliphatic rings. The number of halogens is 1. The number of hydrogen-bond acceptors (Lipinski definition) is 6. The summed E-state index contributed by atoms with van der Waals surface area (Å²) in [5.74, 6) is -3.69. The zero-order valence-corrected chi connectivity index (χ0v) is 14.3. The molecule has 2 saturated heterocycles. The Morgan fingerprint density at radius 3 is 2.52 bits per heavy atom. The van der Waals surface area contributed by atoms with Crippen LogP contribution in [0.15, 0.2) is 18.2 Å². The van der Waals surface area contributed by atoms with E-state index in [-0.39, 0.29) is 5.56 Å². The predicted octanol–water partition coefficient (Wildman–Crippen LogP) is 0.641. The zero-order valence-electron chi connectivity index (χ0n) is 14.3. The fraction of sp³-hybridized carbons (Fsp3) is 0.471. The number of rotatable bonds is 3. The van der Waals surface area contributed by atoms with Crippen LogP contribution in [-0.2, 0) is 19.1 Å². The average molecular weight is 350 g/mol. The van der Waals surface area contributed by atoms with Crippen LogP contribution in [0.5, 0.6) is 5.75 Å². The summed E-state index contributed by atoms with van der Waals surface area (Å²) in [5, 5.41) is 2.97. The molecular weight excluding hydrogens is 331 g/mol. The van der Waals surface area contributed by atoms with Crippen LogP contribution in [0.25, 0.3) is 0 Å². The first-order chi connectivity index (χ1) is 11.8. The molecule has 134 valence electrons. The van der Waals surface area contributed by atoms with E-state index in [4.69, 9.17) is 9.47 Å². The van der Waals surface area contributed by atoms with Crippen molar-refractivity contribution in [2.24, 2.45) is 11.8 Å². The molecule has 2 heterocycles. The molecule has 2 aliphatic heterocycles. The van der Waals surface area contributed by atoms with Gasteiger partial charge in [0.25, 0.3) is 0 Å². The summed E-state index contributed by atoms with van der Waals surface area (Å²) in [6.45, 7) is 1.50. The molecule has 0 aromatic heterocycles. The van der Waals surface area contributed by atoms with E-state index in [0.717, 1.165) is 4.90 Å². The fourth-order valence-corrected chi connectivity index (χ4v) is 3.84. The SMILES string of the molecule is COC(=O)[C@@]1(C)N[C@@H](c2ccc(OC)cc2F)[C@H]2C(=O)N(C)C(=O)[C@H]21. The molecule has 0 aliphatic carbocycles. The molecule has 8 heteroatoms. The van der Waals surface area contributed by atoms with Gasteiger partial charge in [0.15, 0.2) is 0 Å². The van der Waals surface area contributed by atoms with Crippen molar-refractivity contribution < 1.29 is 28.2 Å². The highest BCUT2D eigenvalue weighted by Crippen LogP contribution is 2.49. The molecule has 3 rings (SSSR count). The number of esters is 1. The predicted molar refractivity (Wildman–Crippen MR) is 84.0 cm³/mol. The molecule has 7 nitrogen and oxygen atoms in total. The molecule has 1 aromatic rings. The second-order valence-corrected chi connectivity index (χ2v) is 6.44. The number of carbonyl (C=O) groups is 3. The smallest absolute Gasteiger partial charge is 0.326 e. The minimum absolute atomic E-state index is 0.194. The lowest BCUT2D eigenvalue weighted by molar-refractivity contribution is -0.152. The van der Waals surface area contributed by atoms with Crippen LogP contribution >= 0.6 is 0 Å². The number of fused-ring (bicyclic) bond motifs is 1. The summed E-state index contributed by atoms with van der Waals surface area (Å²) in [4.78, 5) is 38.4. The van der Waals surface area contributed by atoms with Gasteiger partial charge in [0.1, 0.15) is 17.1 Å². The Morgan fingerprint density at radius 2 is 1.96 bits per heavy atom. The standard InChI is InChI=1S/C17H19FN2O5/c1-17(16(23)25-4)12-11(14(21)20(2)15(12)22)13(19-17)9-6-5-8(24-3)7-10(9)18/h5-7,11-13,19H,1-4H3/t11-,12-,13-,17-/m0/s1. The third kappa shape index (κ3) is 2.31. The van der Waals surface area contributed by atoms with Crippen molar-refractivity contribution in [2.75, 3.05) is 21.3 Å². The zero-order chi connectivity index (χ0) is 18.5. The van der Waals surface area contributed by atoms with Crippen molar-refractivity contribution in [3.05, 3.63) is 29.6 Å². The van der Waals surface area contributed by atoms with Crippen LogP contribution in [0.1, 0.15) is 18.5 Å². The Balaban J connectivity index is 2.11. The van der Waals surface area contributed by atoms with E-state index in [1.807, 2.05) is 0 Å². The Bertz CT molecular complexity index is 767. The van der Waals surface area contributed by atoms with Crippen molar-refractivity contribution in [2.45, 2.75) is 18.5 Å². The van der Waals surface area contributed by atoms with E-state index < -0.39 is 47.0 Å². The van der Waals surface area contributed by atoms with Gasteiger partial charge in [-0.25, -0.2) is 4.39 Å². The van der Waals surface area contributed by atoms with Crippen molar-refractivity contribution in [3.8, 4) is 5.75 Å². The van der Waals surface area contributed by atoms with Gasteiger partial charge in [-0.05, 0) is 13.0 Å². The first-order valence-corrected chi connectivity index (χ1v) is 7.77. The van der Waals surface area contributed by atoms with Gasteiger partial charge >= 0.3 is 5.97 Å². The van der Waals surface area contributed by atoms with Gasteiger partial charge in [-0.15, -0.1) is 0 Å². The van der Waals surface area contributed by atoms with Crippen LogP contribution in [0.3, 0.4) is 0 Å². The summed E-state index contributed by atoms with van der Waals surface area (Å²) in [7, 11) is 3.99. The maximum atomic E-state index is 14.6. The molecule has 4 atom stereocenters. The molecule has 2 fully saturated rings. The number of carbonyl (C=O) groups excluding carboxylic acids is 3. The van der Waals surface area contributed by atoms with Gasteiger partial charge in [-0.1, -0.05) is 6.07 Å². The quantitative estimate of drug-likeness (QED) is 0.636. The van der Waals surface area contributed by atoms with Crippen LogP contribution in [0.4, 0.5) is 4.39 Å². The number of amides is 2. The van der Waals surface area contributed by atoms with Crippen molar-refractivity contribution in [1.29, 1.82) is 0 Å². The third-order valence-electron chi connectivity index (χ3n) is 5.16. The Hall–Kier alpha value is -2.48. The number of benzene rings is 1. The van der Waals surface area contributed by atoms with Crippen LogP contribution in [0.2, 0.25) is 0 Å². The largest absolute Gasteiger partial charge is 0.497 e. The summed E-state index contributed by atoms with van der Waals surface area (Å²) in [6, 6.07) is 3.42. The second-order valence-electron chi connectivity index (χ2n) is 6.44. The molecule has 2 amide bonds. The van der Waals surface area contributed by atoms with Crippen molar-refractivity contribution in [1.82, 2.24) is 10.2 Å². The van der Waals surface area contributed by atoms with E-state index in [0.29, 0.717) is 5.75 Å². The van der Waals surface area contributed by atoms with Crippen molar-refractivity contribution >= 4 is 17.8 Å². The summed E-state index contributed by atoms with van der Waals surface area (Å²) >= 11 is 0. The lowest BCUT2D eigenvalue weighted by atomic mass is 9.80. The lowest BCUT2D eigenvalue weighted by Crippen LogP contribution is -2.53. The van der Waals surface area contributed by atoms with E-state index in [9.17, 15) is 18.8 Å². The Morgan fingerprint density at radius 1 is 1.28 bits per heavy atom. The molecule has 25 heavy (non-hydrogen) atoms. The van der Waals surface area contributed by atoms with E-state index in [2.05, 4.69) is 5.32 Å². The first-order valence-electron chi connectivity index (χ1n) is 7.77. The van der Waals surface area contributed by atoms with Gasteiger partial charge < -0.3 is 9.47 Å². The van der Waals surface area contributed by atoms with Gasteiger partial charge in [0.2, 0.25) is 11.8 Å². The van der Waals surface area contributed by atoms with Crippen LogP contribution in [0, 0.1) is 17.7 Å². The molecule has 0 unspecified atom stereocenters. The minimum Gasteiger partial charge on any atom is -0.497 e. The Kier molecular flexibility index (Phi) is 4.03. The van der Waals surface area contributed by atoms with Gasteiger partial charge in [-0.3, -0.25) is 24.6 Å². The van der Waals surface area contributed by atoms with Crippen LogP contribution in [-0.4, -0.2) is 49.5 Å². The highest BCUT2D eigenvalue weighted by Gasteiger charge is 2.66. The van der Waals surface area contributed by atoms with Gasteiger partial charge in [0.05, 0.1) is 26.1 Å². The summed E-state index contributed by atoms with van der Waals surface area (Å²) in [5.41, 5.74) is -1.23. The van der Waals surface area contributed by atoms with E-state index >= 15 is 0 Å². The Labute approximate surface area is 144 Å². The number of methoxy groups -OCH3 is 2. The third-order valence-corrected chi connectivity index (χ3v) is 5.16. The fourth-order valence-electron chi connectivity index (χ4n) is 3.84. The molecule has 0 spiro atoms. The van der Waals surface area contributed by atoms with E-state index in [1.165, 1.54) is 40.3 Å². The highest BCUT2D eigenvalue weighted by molar-refractivity contribution is 6.09. The maximum absolute atomic E-state index is 14.6. The van der Waals surface area contributed by atoms with E-state index in [1.54, 1.807) is 6.07 Å². The number of likely N-dealkylation sites (tertiary alicyclic amines) is 1. The van der Waals surface area contributed by atoms with Crippen molar-refractivity contribution in [3.63, 3.8) is 0 Å². The van der Waals surface area contributed by atoms with Gasteiger partial charge in [0, 0.05) is 24.7 Å². The monoisotopic (exact) mass is 350 g/mol.